The first-order valence-electron chi connectivity index (χ1n) is 4.14. The van der Waals surface area contributed by atoms with Crippen LogP contribution in [0.25, 0.3) is 0 Å². The summed E-state index contributed by atoms with van der Waals surface area (Å²) in [6, 6.07) is 5.59. The van der Waals surface area contributed by atoms with Gasteiger partial charge in [0.05, 0.1) is 12.1 Å². The van der Waals surface area contributed by atoms with Crippen LogP contribution in [-0.2, 0) is 5.54 Å². The number of nitrogens with two attached hydrogens (primary N) is 1. The Morgan fingerprint density at radius 1 is 1.54 bits per heavy atom. The molecular weight excluding hydrogens is 186 g/mol. The van der Waals surface area contributed by atoms with Gasteiger partial charge in [-0.05, 0) is 31.0 Å². The normalized spacial score (nSPS) is 15.5. The minimum atomic E-state index is -0.711. The van der Waals surface area contributed by atoms with Crippen molar-refractivity contribution in [3.8, 4) is 0 Å². The molecule has 0 fully saturated rings. The number of benzene rings is 1. The van der Waals surface area contributed by atoms with Crippen molar-refractivity contribution in [3.05, 3.63) is 34.3 Å². The summed E-state index contributed by atoms with van der Waals surface area (Å²) in [5.74, 6) is 0. The lowest BCUT2D eigenvalue weighted by atomic mass is 9.93. The van der Waals surface area contributed by atoms with E-state index < -0.39 is 5.54 Å². The number of aliphatic hydroxyl groups is 1. The summed E-state index contributed by atoms with van der Waals surface area (Å²) >= 11 is 5.94. The topological polar surface area (TPSA) is 46.2 Å². The van der Waals surface area contributed by atoms with Gasteiger partial charge in [-0.25, -0.2) is 0 Å². The Morgan fingerprint density at radius 2 is 2.15 bits per heavy atom. The Kier molecular flexibility index (Phi) is 2.96. The van der Waals surface area contributed by atoms with Crippen LogP contribution in [0.3, 0.4) is 0 Å². The summed E-state index contributed by atoms with van der Waals surface area (Å²) in [5.41, 5.74) is 7.00. The predicted molar refractivity (Wildman–Crippen MR) is 54.8 cm³/mol. The lowest BCUT2D eigenvalue weighted by Gasteiger charge is -2.22. The largest absolute Gasteiger partial charge is 0.394 e. The molecule has 0 heterocycles. The molecule has 3 heteroatoms. The molecule has 0 saturated heterocycles. The second kappa shape index (κ2) is 3.66. The molecule has 0 aliphatic carbocycles. The number of hydrogen-bond donors (Lipinski definition) is 2. The summed E-state index contributed by atoms with van der Waals surface area (Å²) in [5, 5.41) is 9.72. The Balaban J connectivity index is 3.10. The van der Waals surface area contributed by atoms with Gasteiger partial charge in [0.2, 0.25) is 0 Å². The molecule has 0 radical (unpaired) electrons. The maximum atomic E-state index is 9.04. The average molecular weight is 200 g/mol. The number of halogens is 1. The highest BCUT2D eigenvalue weighted by atomic mass is 35.5. The Hall–Kier alpha value is -0.570. The molecule has 0 aliphatic rings. The van der Waals surface area contributed by atoms with Crippen molar-refractivity contribution in [1.29, 1.82) is 0 Å². The summed E-state index contributed by atoms with van der Waals surface area (Å²) in [6.45, 7) is 3.61. The van der Waals surface area contributed by atoms with E-state index in [2.05, 4.69) is 0 Å². The molecule has 72 valence electrons. The number of aliphatic hydroxyl groups excluding tert-OH is 1. The SMILES string of the molecule is Cc1ccc(C(C)(N)CO)cc1Cl. The predicted octanol–water partition coefficient (Wildman–Crippen LogP) is 1.81. The van der Waals surface area contributed by atoms with Crippen molar-refractivity contribution in [1.82, 2.24) is 0 Å². The minimum absolute atomic E-state index is 0.0909. The van der Waals surface area contributed by atoms with E-state index in [1.54, 1.807) is 13.0 Å². The highest BCUT2D eigenvalue weighted by Crippen LogP contribution is 2.23. The molecule has 2 nitrogen and oxygen atoms in total. The van der Waals surface area contributed by atoms with Gasteiger partial charge in [0.1, 0.15) is 0 Å². The standard InChI is InChI=1S/C10H14ClNO/c1-7-3-4-8(5-9(7)11)10(2,12)6-13/h3-5,13H,6,12H2,1-2H3. The summed E-state index contributed by atoms with van der Waals surface area (Å²) in [4.78, 5) is 0. The number of rotatable bonds is 2. The Bertz CT molecular complexity index is 310. The van der Waals surface area contributed by atoms with Gasteiger partial charge in [-0.2, -0.15) is 0 Å². The average Bonchev–Trinajstić information content (AvgIpc) is 2.09. The molecule has 0 saturated carbocycles. The first-order chi connectivity index (χ1) is 5.97. The molecule has 0 aliphatic heterocycles. The van der Waals surface area contributed by atoms with E-state index in [1.165, 1.54) is 0 Å². The van der Waals surface area contributed by atoms with Crippen molar-refractivity contribution in [3.63, 3.8) is 0 Å². The highest BCUT2D eigenvalue weighted by Gasteiger charge is 2.20. The van der Waals surface area contributed by atoms with Gasteiger partial charge in [0, 0.05) is 5.02 Å². The highest BCUT2D eigenvalue weighted by molar-refractivity contribution is 6.31. The van der Waals surface area contributed by atoms with Gasteiger partial charge >= 0.3 is 0 Å². The van der Waals surface area contributed by atoms with Crippen LogP contribution < -0.4 is 5.73 Å². The molecule has 3 N–H and O–H groups in total. The van der Waals surface area contributed by atoms with Crippen molar-refractivity contribution in [2.45, 2.75) is 19.4 Å². The lowest BCUT2D eigenvalue weighted by molar-refractivity contribution is 0.210. The van der Waals surface area contributed by atoms with Gasteiger partial charge in [-0.15, -0.1) is 0 Å². The molecule has 0 amide bonds. The molecule has 0 aromatic heterocycles. The Morgan fingerprint density at radius 3 is 2.62 bits per heavy atom. The molecule has 0 bridgehead atoms. The maximum Gasteiger partial charge on any atom is 0.0650 e. The quantitative estimate of drug-likeness (QED) is 0.763. The van der Waals surface area contributed by atoms with Crippen LogP contribution >= 0.6 is 11.6 Å². The van der Waals surface area contributed by atoms with Crippen LogP contribution in [0.1, 0.15) is 18.1 Å². The van der Waals surface area contributed by atoms with Crippen LogP contribution in [0.15, 0.2) is 18.2 Å². The third kappa shape index (κ3) is 2.21. The fourth-order valence-corrected chi connectivity index (χ4v) is 1.22. The van der Waals surface area contributed by atoms with E-state index in [9.17, 15) is 0 Å². The zero-order valence-corrected chi connectivity index (χ0v) is 8.60. The third-order valence-electron chi connectivity index (χ3n) is 2.16. The number of hydrogen-bond acceptors (Lipinski definition) is 2. The third-order valence-corrected chi connectivity index (χ3v) is 2.57. The van der Waals surface area contributed by atoms with Crippen LogP contribution in [0.2, 0.25) is 5.02 Å². The monoisotopic (exact) mass is 199 g/mol. The van der Waals surface area contributed by atoms with Gasteiger partial charge in [-0.1, -0.05) is 23.7 Å². The molecule has 1 aromatic rings. The lowest BCUT2D eigenvalue weighted by Crippen LogP contribution is -2.36. The fourth-order valence-electron chi connectivity index (χ4n) is 1.04. The molecular formula is C10H14ClNO. The van der Waals surface area contributed by atoms with Crippen LogP contribution in [0, 0.1) is 6.92 Å². The second-order valence-electron chi connectivity index (χ2n) is 3.54. The van der Waals surface area contributed by atoms with E-state index in [4.69, 9.17) is 22.4 Å². The molecule has 0 spiro atoms. The van der Waals surface area contributed by atoms with E-state index in [-0.39, 0.29) is 6.61 Å². The molecule has 13 heavy (non-hydrogen) atoms. The zero-order valence-electron chi connectivity index (χ0n) is 7.84. The maximum absolute atomic E-state index is 9.04. The van der Waals surface area contributed by atoms with Crippen LogP contribution in [0.5, 0.6) is 0 Å². The second-order valence-corrected chi connectivity index (χ2v) is 3.95. The van der Waals surface area contributed by atoms with Crippen molar-refractivity contribution >= 4 is 11.6 Å². The zero-order chi connectivity index (χ0) is 10.1. The van der Waals surface area contributed by atoms with Gasteiger partial charge < -0.3 is 10.8 Å². The van der Waals surface area contributed by atoms with Crippen molar-refractivity contribution in [2.75, 3.05) is 6.61 Å². The van der Waals surface area contributed by atoms with E-state index >= 15 is 0 Å². The Labute approximate surface area is 83.3 Å². The molecule has 1 aromatic carbocycles. The minimum Gasteiger partial charge on any atom is -0.394 e. The smallest absolute Gasteiger partial charge is 0.0650 e. The van der Waals surface area contributed by atoms with Crippen LogP contribution in [-0.4, -0.2) is 11.7 Å². The molecule has 1 unspecified atom stereocenters. The summed E-state index contributed by atoms with van der Waals surface area (Å²) < 4.78 is 0. The van der Waals surface area contributed by atoms with Gasteiger partial charge in [0.15, 0.2) is 0 Å². The van der Waals surface area contributed by atoms with Gasteiger partial charge in [-0.3, -0.25) is 0 Å². The van der Waals surface area contributed by atoms with E-state index in [1.807, 2.05) is 19.1 Å². The fraction of sp³-hybridized carbons (Fsp3) is 0.400. The van der Waals surface area contributed by atoms with E-state index in [0.29, 0.717) is 5.02 Å². The summed E-state index contributed by atoms with van der Waals surface area (Å²) in [6.07, 6.45) is 0. The first kappa shape index (κ1) is 10.5. The number of aryl methyl sites for hydroxylation is 1. The molecule has 1 rings (SSSR count). The van der Waals surface area contributed by atoms with Crippen molar-refractivity contribution < 1.29 is 5.11 Å². The summed E-state index contributed by atoms with van der Waals surface area (Å²) in [7, 11) is 0. The van der Waals surface area contributed by atoms with Gasteiger partial charge in [0.25, 0.3) is 0 Å². The first-order valence-corrected chi connectivity index (χ1v) is 4.51. The van der Waals surface area contributed by atoms with E-state index in [0.717, 1.165) is 11.1 Å². The molecule has 1 atom stereocenters. The van der Waals surface area contributed by atoms with Crippen molar-refractivity contribution in [2.24, 2.45) is 5.73 Å². The van der Waals surface area contributed by atoms with Crippen LogP contribution in [0.4, 0.5) is 0 Å².